The highest BCUT2D eigenvalue weighted by atomic mass is 16.3. The maximum atomic E-state index is 13.4. The van der Waals surface area contributed by atoms with E-state index in [0.717, 1.165) is 11.6 Å². The number of carbonyl (C=O) groups is 1. The number of hydrogen-bond donors (Lipinski definition) is 3. The topological polar surface area (TPSA) is 77.8 Å². The molecule has 0 aliphatic rings. The summed E-state index contributed by atoms with van der Waals surface area (Å²) in [6.45, 7) is 1.78. The van der Waals surface area contributed by atoms with E-state index in [1.807, 2.05) is 30.3 Å². The number of carbonyl (C=O) groups excluding carboxylic acids is 1. The van der Waals surface area contributed by atoms with Crippen molar-refractivity contribution in [2.75, 3.05) is 0 Å². The molecule has 0 heterocycles. The second kappa shape index (κ2) is 6.32. The van der Waals surface area contributed by atoms with E-state index in [-0.39, 0.29) is 28.6 Å². The molecule has 0 aliphatic heterocycles. The summed E-state index contributed by atoms with van der Waals surface area (Å²) in [6.07, 6.45) is 0. The van der Waals surface area contributed by atoms with Gasteiger partial charge in [-0.2, -0.15) is 0 Å². The van der Waals surface area contributed by atoms with Gasteiger partial charge in [-0.05, 0) is 42.3 Å². The van der Waals surface area contributed by atoms with E-state index in [1.54, 1.807) is 19.1 Å². The van der Waals surface area contributed by atoms with Gasteiger partial charge in [0.25, 0.3) is 0 Å². The standard InChI is InChI=1S/C21H18O4/c1-21(14-5-3-2-4-6-14,15-7-9-16(22)10-8-15)20(25)18-12-11-17(23)13-19(18)24/h2-13,22-24H,1H3. The molecule has 25 heavy (non-hydrogen) atoms. The smallest absolute Gasteiger partial charge is 0.181 e. The number of phenolic OH excluding ortho intramolecular Hbond substituents is 3. The Bertz CT molecular complexity index is 901. The predicted molar refractivity (Wildman–Crippen MR) is 95.1 cm³/mol. The summed E-state index contributed by atoms with van der Waals surface area (Å²) < 4.78 is 0. The zero-order chi connectivity index (χ0) is 18.0. The van der Waals surface area contributed by atoms with Gasteiger partial charge < -0.3 is 15.3 Å². The monoisotopic (exact) mass is 334 g/mol. The second-order valence-electron chi connectivity index (χ2n) is 6.07. The van der Waals surface area contributed by atoms with Crippen molar-refractivity contribution >= 4 is 5.78 Å². The summed E-state index contributed by atoms with van der Waals surface area (Å²) in [5.74, 6) is -0.577. The van der Waals surface area contributed by atoms with Crippen LogP contribution >= 0.6 is 0 Å². The molecular formula is C21H18O4. The number of aromatic hydroxyl groups is 3. The summed E-state index contributed by atoms with van der Waals surface area (Å²) in [5, 5.41) is 29.2. The van der Waals surface area contributed by atoms with E-state index in [4.69, 9.17) is 0 Å². The van der Waals surface area contributed by atoms with E-state index < -0.39 is 5.41 Å². The van der Waals surface area contributed by atoms with Gasteiger partial charge in [-0.1, -0.05) is 42.5 Å². The van der Waals surface area contributed by atoms with Gasteiger partial charge >= 0.3 is 0 Å². The number of phenols is 3. The van der Waals surface area contributed by atoms with Crippen LogP contribution in [0.2, 0.25) is 0 Å². The molecular weight excluding hydrogens is 316 g/mol. The van der Waals surface area contributed by atoms with Crippen LogP contribution in [0.25, 0.3) is 0 Å². The Labute approximate surface area is 145 Å². The van der Waals surface area contributed by atoms with Crippen LogP contribution in [0.15, 0.2) is 72.8 Å². The molecule has 1 atom stereocenters. The average molecular weight is 334 g/mol. The summed E-state index contributed by atoms with van der Waals surface area (Å²) in [4.78, 5) is 13.4. The van der Waals surface area contributed by atoms with Crippen LogP contribution in [0, 0.1) is 0 Å². The maximum Gasteiger partial charge on any atom is 0.181 e. The van der Waals surface area contributed by atoms with Crippen LogP contribution in [0.1, 0.15) is 28.4 Å². The molecule has 126 valence electrons. The zero-order valence-electron chi connectivity index (χ0n) is 13.7. The van der Waals surface area contributed by atoms with E-state index in [9.17, 15) is 20.1 Å². The highest BCUT2D eigenvalue weighted by Gasteiger charge is 2.38. The third kappa shape index (κ3) is 2.94. The van der Waals surface area contributed by atoms with Crippen LogP contribution in [0.4, 0.5) is 0 Å². The minimum Gasteiger partial charge on any atom is -0.508 e. The van der Waals surface area contributed by atoms with E-state index in [0.29, 0.717) is 5.56 Å². The summed E-state index contributed by atoms with van der Waals surface area (Å²) in [5.41, 5.74) is 0.507. The first-order chi connectivity index (χ1) is 11.9. The van der Waals surface area contributed by atoms with Gasteiger partial charge in [0, 0.05) is 6.07 Å². The van der Waals surface area contributed by atoms with Gasteiger partial charge in [-0.3, -0.25) is 4.79 Å². The molecule has 1 unspecified atom stereocenters. The number of ketones is 1. The third-order valence-electron chi connectivity index (χ3n) is 4.48. The first kappa shape index (κ1) is 16.6. The predicted octanol–water partition coefficient (Wildman–Crippen LogP) is 3.99. The minimum absolute atomic E-state index is 0.110. The number of hydrogen-bond acceptors (Lipinski definition) is 4. The van der Waals surface area contributed by atoms with Gasteiger partial charge in [0.05, 0.1) is 11.0 Å². The Morgan fingerprint density at radius 2 is 1.32 bits per heavy atom. The molecule has 0 fully saturated rings. The summed E-state index contributed by atoms with van der Waals surface area (Å²) in [7, 11) is 0. The normalized spacial score (nSPS) is 13.2. The highest BCUT2D eigenvalue weighted by Crippen LogP contribution is 2.38. The Morgan fingerprint density at radius 3 is 1.92 bits per heavy atom. The Hall–Kier alpha value is -3.27. The average Bonchev–Trinajstić information content (AvgIpc) is 2.62. The summed E-state index contributed by atoms with van der Waals surface area (Å²) >= 11 is 0. The maximum absolute atomic E-state index is 13.4. The number of Topliss-reactive ketones (excluding diaryl/α,β-unsaturated/α-hetero) is 1. The highest BCUT2D eigenvalue weighted by molar-refractivity contribution is 6.08. The number of benzene rings is 3. The lowest BCUT2D eigenvalue weighted by molar-refractivity contribution is 0.0920. The van der Waals surface area contributed by atoms with Crippen molar-refractivity contribution in [3.8, 4) is 17.2 Å². The van der Waals surface area contributed by atoms with Crippen LogP contribution in [-0.4, -0.2) is 21.1 Å². The van der Waals surface area contributed by atoms with Crippen molar-refractivity contribution < 1.29 is 20.1 Å². The first-order valence-electron chi connectivity index (χ1n) is 7.85. The van der Waals surface area contributed by atoms with Crippen molar-refractivity contribution in [2.24, 2.45) is 0 Å². The van der Waals surface area contributed by atoms with Gasteiger partial charge in [-0.15, -0.1) is 0 Å². The van der Waals surface area contributed by atoms with Gasteiger partial charge in [0.15, 0.2) is 5.78 Å². The van der Waals surface area contributed by atoms with E-state index >= 15 is 0 Å². The minimum atomic E-state index is -1.07. The van der Waals surface area contributed by atoms with Crippen molar-refractivity contribution in [1.29, 1.82) is 0 Å². The molecule has 0 spiro atoms. The second-order valence-corrected chi connectivity index (χ2v) is 6.07. The third-order valence-corrected chi connectivity index (χ3v) is 4.48. The molecule has 0 saturated carbocycles. The van der Waals surface area contributed by atoms with Crippen LogP contribution in [0.5, 0.6) is 17.2 Å². The molecule has 0 amide bonds. The van der Waals surface area contributed by atoms with Gasteiger partial charge in [0.2, 0.25) is 0 Å². The molecule has 0 saturated heterocycles. The first-order valence-corrected chi connectivity index (χ1v) is 7.85. The molecule has 0 radical (unpaired) electrons. The molecule has 3 N–H and O–H groups in total. The van der Waals surface area contributed by atoms with Crippen LogP contribution in [-0.2, 0) is 5.41 Å². The van der Waals surface area contributed by atoms with E-state index in [2.05, 4.69) is 0 Å². The fourth-order valence-corrected chi connectivity index (χ4v) is 2.98. The quantitative estimate of drug-likeness (QED) is 0.630. The van der Waals surface area contributed by atoms with Gasteiger partial charge in [0.1, 0.15) is 17.2 Å². The largest absolute Gasteiger partial charge is 0.508 e. The molecule has 3 aromatic carbocycles. The Balaban J connectivity index is 2.21. The van der Waals surface area contributed by atoms with Gasteiger partial charge in [-0.25, -0.2) is 0 Å². The molecule has 4 heteroatoms. The lowest BCUT2D eigenvalue weighted by Gasteiger charge is -2.30. The van der Waals surface area contributed by atoms with Crippen molar-refractivity contribution in [3.63, 3.8) is 0 Å². The molecule has 3 rings (SSSR count). The van der Waals surface area contributed by atoms with Crippen molar-refractivity contribution in [3.05, 3.63) is 89.5 Å². The van der Waals surface area contributed by atoms with Crippen molar-refractivity contribution in [1.82, 2.24) is 0 Å². The van der Waals surface area contributed by atoms with Crippen molar-refractivity contribution in [2.45, 2.75) is 12.3 Å². The lowest BCUT2D eigenvalue weighted by atomic mass is 9.71. The van der Waals surface area contributed by atoms with E-state index in [1.165, 1.54) is 24.3 Å². The summed E-state index contributed by atoms with van der Waals surface area (Å²) in [6, 6.07) is 19.6. The molecule has 4 nitrogen and oxygen atoms in total. The molecule has 3 aromatic rings. The van der Waals surface area contributed by atoms with Crippen LogP contribution in [0.3, 0.4) is 0 Å². The zero-order valence-corrected chi connectivity index (χ0v) is 13.7. The number of rotatable bonds is 4. The fourth-order valence-electron chi connectivity index (χ4n) is 2.98. The SMILES string of the molecule is CC(C(=O)c1ccc(O)cc1O)(c1ccccc1)c1ccc(O)cc1. The molecule has 0 aromatic heterocycles. The molecule has 0 aliphatic carbocycles. The lowest BCUT2D eigenvalue weighted by Crippen LogP contribution is -2.34. The fraction of sp³-hybridized carbons (Fsp3) is 0.0952. The molecule has 0 bridgehead atoms. The Kier molecular flexibility index (Phi) is 4.19. The Morgan fingerprint density at radius 1 is 0.760 bits per heavy atom. The van der Waals surface area contributed by atoms with Crippen LogP contribution < -0.4 is 0 Å².